The number of amides is 1. The minimum absolute atomic E-state index is 0.0910. The number of anilines is 1. The van der Waals surface area contributed by atoms with Crippen LogP contribution in [0, 0.1) is 5.82 Å². The maximum absolute atomic E-state index is 14.0. The molecule has 1 aromatic carbocycles. The zero-order chi connectivity index (χ0) is 20.2. The molecular weight excluding hydrogens is 401 g/mol. The van der Waals surface area contributed by atoms with Gasteiger partial charge in [0.1, 0.15) is 11.9 Å². The molecule has 0 unspecified atom stereocenters. The van der Waals surface area contributed by atoms with E-state index in [0.717, 1.165) is 25.9 Å². The Hall–Kier alpha value is -2.07. The number of nitrogens with zero attached hydrogens (tertiary/aromatic N) is 4. The molecule has 3 heterocycles. The molecule has 156 valence electrons. The first-order chi connectivity index (χ1) is 14.1. The van der Waals surface area contributed by atoms with E-state index in [4.69, 9.17) is 20.8 Å². The number of ether oxygens (including phenoxy) is 1. The van der Waals surface area contributed by atoms with Crippen LogP contribution in [0.25, 0.3) is 0 Å². The molecule has 0 radical (unpaired) electrons. The topological polar surface area (TPSA) is 83.7 Å². The van der Waals surface area contributed by atoms with Gasteiger partial charge in [-0.15, -0.1) is 5.10 Å². The number of rotatable bonds is 6. The molecule has 0 bridgehead atoms. The molecule has 2 aliphatic heterocycles. The molecule has 1 aromatic heterocycles. The van der Waals surface area contributed by atoms with Crippen LogP contribution in [-0.2, 0) is 16.1 Å². The summed E-state index contributed by atoms with van der Waals surface area (Å²) < 4.78 is 24.9. The second-order valence-electron chi connectivity index (χ2n) is 7.25. The average Bonchev–Trinajstić information content (AvgIpc) is 3.38. The third kappa shape index (κ3) is 5.11. The smallest absolute Gasteiger partial charge is 0.322 e. The van der Waals surface area contributed by atoms with Gasteiger partial charge < -0.3 is 9.15 Å². The molecule has 0 spiro atoms. The van der Waals surface area contributed by atoms with Gasteiger partial charge in [-0.25, -0.2) is 4.39 Å². The second kappa shape index (κ2) is 9.17. The summed E-state index contributed by atoms with van der Waals surface area (Å²) in [6.45, 7) is 4.22. The average molecular weight is 424 g/mol. The highest BCUT2D eigenvalue weighted by atomic mass is 35.5. The summed E-state index contributed by atoms with van der Waals surface area (Å²) >= 11 is 6.11. The number of carbonyl (C=O) groups excluding carboxylic acids is 1. The SMILES string of the molecule is O=C(CN1CCN(Cc2c(F)cccc2Cl)CC1)Nc1nnc([C@@H]2CCCO2)o1. The number of aromatic nitrogens is 2. The van der Waals surface area contributed by atoms with E-state index in [1.165, 1.54) is 6.07 Å². The number of carbonyl (C=O) groups is 1. The van der Waals surface area contributed by atoms with Crippen molar-refractivity contribution in [2.45, 2.75) is 25.5 Å². The van der Waals surface area contributed by atoms with Crippen LogP contribution in [-0.4, -0.2) is 65.2 Å². The lowest BCUT2D eigenvalue weighted by molar-refractivity contribution is -0.117. The van der Waals surface area contributed by atoms with Crippen LogP contribution in [0.15, 0.2) is 22.6 Å². The molecule has 2 fully saturated rings. The third-order valence-electron chi connectivity index (χ3n) is 5.17. The van der Waals surface area contributed by atoms with Crippen LogP contribution in [0.5, 0.6) is 0 Å². The molecule has 2 saturated heterocycles. The van der Waals surface area contributed by atoms with Gasteiger partial charge in [-0.2, -0.15) is 0 Å². The van der Waals surface area contributed by atoms with E-state index in [2.05, 4.69) is 20.4 Å². The molecular formula is C19H23ClFN5O3. The zero-order valence-electron chi connectivity index (χ0n) is 15.9. The molecule has 8 nitrogen and oxygen atoms in total. The van der Waals surface area contributed by atoms with Crippen molar-refractivity contribution < 1.29 is 18.3 Å². The fourth-order valence-corrected chi connectivity index (χ4v) is 3.78. The van der Waals surface area contributed by atoms with Gasteiger partial charge in [-0.1, -0.05) is 22.8 Å². The lowest BCUT2D eigenvalue weighted by atomic mass is 10.2. The lowest BCUT2D eigenvalue weighted by Gasteiger charge is -2.34. The minimum Gasteiger partial charge on any atom is -0.405 e. The molecule has 29 heavy (non-hydrogen) atoms. The zero-order valence-corrected chi connectivity index (χ0v) is 16.7. The van der Waals surface area contributed by atoms with Crippen molar-refractivity contribution in [3.05, 3.63) is 40.5 Å². The highest BCUT2D eigenvalue weighted by molar-refractivity contribution is 6.31. The largest absolute Gasteiger partial charge is 0.405 e. The third-order valence-corrected chi connectivity index (χ3v) is 5.52. The Morgan fingerprint density at radius 2 is 2.03 bits per heavy atom. The van der Waals surface area contributed by atoms with Crippen molar-refractivity contribution in [1.29, 1.82) is 0 Å². The van der Waals surface area contributed by atoms with E-state index < -0.39 is 0 Å². The van der Waals surface area contributed by atoms with Crippen LogP contribution in [0.1, 0.15) is 30.4 Å². The molecule has 1 atom stereocenters. The first-order valence-corrected chi connectivity index (χ1v) is 10.1. The monoisotopic (exact) mass is 423 g/mol. The first-order valence-electron chi connectivity index (χ1n) is 9.71. The summed E-state index contributed by atoms with van der Waals surface area (Å²) in [5.74, 6) is -0.0994. The molecule has 2 aromatic rings. The number of hydrogen-bond donors (Lipinski definition) is 1. The quantitative estimate of drug-likeness (QED) is 0.764. The van der Waals surface area contributed by atoms with Crippen LogP contribution in [0.4, 0.5) is 10.4 Å². The highest BCUT2D eigenvalue weighted by Gasteiger charge is 2.25. The summed E-state index contributed by atoms with van der Waals surface area (Å²) in [7, 11) is 0. The standard InChI is InChI=1S/C19H23ClFN5O3/c20-14-3-1-4-15(21)13(14)11-25-6-8-26(9-7-25)12-17(27)22-19-24-23-18(29-19)16-5-2-10-28-16/h1,3-4,16H,2,5-12H2,(H,22,24,27)/t16-/m0/s1. The van der Waals surface area contributed by atoms with E-state index in [0.29, 0.717) is 42.7 Å². The number of halogens is 2. The van der Waals surface area contributed by atoms with Crippen LogP contribution in [0.2, 0.25) is 5.02 Å². The summed E-state index contributed by atoms with van der Waals surface area (Å²) in [5, 5.41) is 10.9. The van der Waals surface area contributed by atoms with E-state index >= 15 is 0 Å². The number of hydrogen-bond acceptors (Lipinski definition) is 7. The Morgan fingerprint density at radius 3 is 2.76 bits per heavy atom. The first kappa shape index (κ1) is 20.2. The van der Waals surface area contributed by atoms with E-state index in [1.807, 2.05) is 4.90 Å². The van der Waals surface area contributed by atoms with Crippen LogP contribution in [0.3, 0.4) is 0 Å². The van der Waals surface area contributed by atoms with Crippen molar-refractivity contribution in [2.75, 3.05) is 44.6 Å². The van der Waals surface area contributed by atoms with Crippen molar-refractivity contribution in [2.24, 2.45) is 0 Å². The van der Waals surface area contributed by atoms with E-state index in [9.17, 15) is 9.18 Å². The molecule has 0 aliphatic carbocycles. The predicted octanol–water partition coefficient (Wildman–Crippen LogP) is 2.47. The molecule has 2 aliphatic rings. The molecule has 10 heteroatoms. The van der Waals surface area contributed by atoms with Crippen LogP contribution < -0.4 is 5.32 Å². The Labute approximate surface area is 173 Å². The summed E-state index contributed by atoms with van der Waals surface area (Å²) in [4.78, 5) is 16.4. The van der Waals surface area contributed by atoms with Gasteiger partial charge >= 0.3 is 6.01 Å². The molecule has 4 rings (SSSR count). The molecule has 1 N–H and O–H groups in total. The van der Waals surface area contributed by atoms with Gasteiger partial charge in [0, 0.05) is 49.9 Å². The van der Waals surface area contributed by atoms with Crippen molar-refractivity contribution in [1.82, 2.24) is 20.0 Å². The number of benzene rings is 1. The summed E-state index contributed by atoms with van der Waals surface area (Å²) in [6, 6.07) is 4.81. The van der Waals surface area contributed by atoms with Gasteiger partial charge in [-0.05, 0) is 25.0 Å². The normalized spacial score (nSPS) is 20.8. The van der Waals surface area contributed by atoms with Crippen molar-refractivity contribution in [3.8, 4) is 0 Å². The summed E-state index contributed by atoms with van der Waals surface area (Å²) in [5.41, 5.74) is 0.513. The Kier molecular flexibility index (Phi) is 6.39. The predicted molar refractivity (Wildman–Crippen MR) is 104 cm³/mol. The maximum Gasteiger partial charge on any atom is 0.322 e. The fraction of sp³-hybridized carbons (Fsp3) is 0.526. The Bertz CT molecular complexity index is 830. The fourth-order valence-electron chi connectivity index (χ4n) is 3.56. The van der Waals surface area contributed by atoms with Gasteiger partial charge in [0.2, 0.25) is 11.8 Å². The molecule has 1 amide bonds. The number of piperazine rings is 1. The van der Waals surface area contributed by atoms with E-state index in [-0.39, 0.29) is 30.4 Å². The second-order valence-corrected chi connectivity index (χ2v) is 7.65. The van der Waals surface area contributed by atoms with Gasteiger partial charge in [-0.3, -0.25) is 19.9 Å². The molecule has 0 saturated carbocycles. The minimum atomic E-state index is -0.291. The lowest BCUT2D eigenvalue weighted by Crippen LogP contribution is -2.48. The van der Waals surface area contributed by atoms with Crippen molar-refractivity contribution >= 4 is 23.5 Å². The van der Waals surface area contributed by atoms with Crippen molar-refractivity contribution in [3.63, 3.8) is 0 Å². The van der Waals surface area contributed by atoms with Gasteiger partial charge in [0.25, 0.3) is 0 Å². The van der Waals surface area contributed by atoms with Gasteiger partial charge in [0.05, 0.1) is 6.54 Å². The number of nitrogens with one attached hydrogen (secondary N) is 1. The highest BCUT2D eigenvalue weighted by Crippen LogP contribution is 2.28. The Morgan fingerprint density at radius 1 is 1.24 bits per heavy atom. The Balaban J connectivity index is 1.23. The summed E-state index contributed by atoms with van der Waals surface area (Å²) in [6.07, 6.45) is 1.63. The maximum atomic E-state index is 14.0. The van der Waals surface area contributed by atoms with Gasteiger partial charge in [0.15, 0.2) is 0 Å². The van der Waals surface area contributed by atoms with Crippen LogP contribution >= 0.6 is 11.6 Å². The van der Waals surface area contributed by atoms with E-state index in [1.54, 1.807) is 12.1 Å².